The van der Waals surface area contributed by atoms with Gasteiger partial charge in [0.05, 0.1) is 17.6 Å². The number of hydrogen-bond donors (Lipinski definition) is 0. The predicted molar refractivity (Wildman–Crippen MR) is 58.8 cm³/mol. The van der Waals surface area contributed by atoms with Crippen LogP contribution in [0, 0.1) is 22.5 Å². The number of carbonyl (C=O) groups is 1. The summed E-state index contributed by atoms with van der Waals surface area (Å²) in [4.78, 5) is 21.3. The summed E-state index contributed by atoms with van der Waals surface area (Å²) >= 11 is 0. The molecule has 0 atom stereocenters. The molecular weight excluding hydrogens is 226 g/mol. The number of benzene rings is 1. The van der Waals surface area contributed by atoms with Crippen LogP contribution in [-0.2, 0) is 4.74 Å². The van der Waals surface area contributed by atoms with Crippen molar-refractivity contribution in [2.24, 2.45) is 0 Å². The second-order valence-corrected chi connectivity index (χ2v) is 2.92. The molecule has 0 N–H and O–H groups in total. The first kappa shape index (κ1) is 12.5. The Bertz CT molecular complexity index is 489. The quantitative estimate of drug-likeness (QED) is 0.341. The largest absolute Gasteiger partial charge is 0.474 e. The Morgan fingerprint density at radius 1 is 1.59 bits per heavy atom. The van der Waals surface area contributed by atoms with E-state index in [1.54, 1.807) is 0 Å². The van der Waals surface area contributed by atoms with Crippen LogP contribution in [0.2, 0.25) is 0 Å². The lowest BCUT2D eigenvalue weighted by molar-refractivity contribution is -0.385. The number of nitro groups is 1. The second-order valence-electron chi connectivity index (χ2n) is 2.92. The van der Waals surface area contributed by atoms with Crippen LogP contribution in [0.15, 0.2) is 18.2 Å². The van der Waals surface area contributed by atoms with Crippen LogP contribution in [0.5, 0.6) is 5.75 Å². The molecule has 6 heteroatoms. The van der Waals surface area contributed by atoms with Crippen molar-refractivity contribution in [1.29, 1.82) is 0 Å². The molecule has 0 radical (unpaired) electrons. The number of nitrogens with zero attached hydrogens (tertiary/aromatic N) is 1. The minimum Gasteiger partial charge on any atom is -0.474 e. The molecule has 88 valence electrons. The van der Waals surface area contributed by atoms with E-state index in [9.17, 15) is 14.9 Å². The van der Waals surface area contributed by atoms with Gasteiger partial charge < -0.3 is 9.47 Å². The fourth-order valence-corrected chi connectivity index (χ4v) is 1.14. The minimum absolute atomic E-state index is 0.0594. The lowest BCUT2D eigenvalue weighted by Gasteiger charge is -2.05. The average Bonchev–Trinajstić information content (AvgIpc) is 2.34. The Morgan fingerprint density at radius 2 is 2.29 bits per heavy atom. The van der Waals surface area contributed by atoms with Gasteiger partial charge in [0.25, 0.3) is 0 Å². The highest BCUT2D eigenvalue weighted by molar-refractivity contribution is 5.90. The zero-order chi connectivity index (χ0) is 12.8. The van der Waals surface area contributed by atoms with Crippen molar-refractivity contribution in [3.8, 4) is 18.1 Å². The Labute approximate surface area is 97.3 Å². The maximum atomic E-state index is 11.2. The Kier molecular flexibility index (Phi) is 4.06. The van der Waals surface area contributed by atoms with E-state index in [0.717, 1.165) is 6.07 Å². The first-order chi connectivity index (χ1) is 8.10. The molecule has 0 unspecified atom stereocenters. The molecule has 0 fully saturated rings. The van der Waals surface area contributed by atoms with E-state index in [2.05, 4.69) is 10.7 Å². The van der Waals surface area contributed by atoms with Gasteiger partial charge in [-0.05, 0) is 6.07 Å². The van der Waals surface area contributed by atoms with Crippen molar-refractivity contribution in [2.45, 2.75) is 0 Å². The highest BCUT2D eigenvalue weighted by atomic mass is 16.6. The average molecular weight is 235 g/mol. The number of hydrogen-bond acceptors (Lipinski definition) is 5. The Hall–Kier alpha value is -2.55. The molecule has 0 saturated heterocycles. The summed E-state index contributed by atoms with van der Waals surface area (Å²) in [5.41, 5.74) is -0.0991. The minimum atomic E-state index is -0.618. The maximum absolute atomic E-state index is 11.2. The summed E-state index contributed by atoms with van der Waals surface area (Å²) in [6.07, 6.45) is 4.99. The molecular formula is C11H9NO5. The molecule has 0 aliphatic carbocycles. The highest BCUT2D eigenvalue weighted by Crippen LogP contribution is 2.28. The van der Waals surface area contributed by atoms with Gasteiger partial charge in [0.2, 0.25) is 0 Å². The first-order valence-electron chi connectivity index (χ1n) is 4.53. The first-order valence-corrected chi connectivity index (χ1v) is 4.53. The van der Waals surface area contributed by atoms with Gasteiger partial charge in [-0.3, -0.25) is 10.1 Å². The van der Waals surface area contributed by atoms with Crippen LogP contribution in [-0.4, -0.2) is 24.6 Å². The topological polar surface area (TPSA) is 78.7 Å². The summed E-state index contributed by atoms with van der Waals surface area (Å²) < 4.78 is 9.49. The summed E-state index contributed by atoms with van der Waals surface area (Å²) in [7, 11) is 1.21. The summed E-state index contributed by atoms with van der Waals surface area (Å²) in [5, 5.41) is 10.7. The molecule has 0 amide bonds. The zero-order valence-electron chi connectivity index (χ0n) is 9.00. The third kappa shape index (κ3) is 2.95. The van der Waals surface area contributed by atoms with Crippen LogP contribution in [0.1, 0.15) is 10.4 Å². The van der Waals surface area contributed by atoms with E-state index < -0.39 is 10.9 Å². The van der Waals surface area contributed by atoms with Gasteiger partial charge in [-0.1, -0.05) is 5.92 Å². The molecule has 6 nitrogen and oxygen atoms in total. The number of rotatable bonds is 4. The van der Waals surface area contributed by atoms with Crippen LogP contribution >= 0.6 is 0 Å². The van der Waals surface area contributed by atoms with Crippen LogP contribution in [0.3, 0.4) is 0 Å². The molecule has 0 saturated carbocycles. The van der Waals surface area contributed by atoms with Crippen LogP contribution in [0.25, 0.3) is 0 Å². The van der Waals surface area contributed by atoms with Crippen molar-refractivity contribution >= 4 is 11.7 Å². The summed E-state index contributed by atoms with van der Waals surface area (Å²) in [6, 6.07) is 3.67. The Balaban J connectivity index is 3.15. The lowest BCUT2D eigenvalue weighted by Crippen LogP contribution is -2.04. The number of esters is 1. The molecule has 1 rings (SSSR count). The molecule has 0 aliphatic heterocycles. The van der Waals surface area contributed by atoms with E-state index in [4.69, 9.17) is 11.2 Å². The van der Waals surface area contributed by atoms with Gasteiger partial charge in [-0.25, -0.2) is 4.79 Å². The number of nitro benzene ring substituents is 1. The van der Waals surface area contributed by atoms with Crippen molar-refractivity contribution in [3.05, 3.63) is 33.9 Å². The third-order valence-corrected chi connectivity index (χ3v) is 1.89. The fourth-order valence-electron chi connectivity index (χ4n) is 1.14. The molecule has 1 aromatic carbocycles. The van der Waals surface area contributed by atoms with Crippen LogP contribution < -0.4 is 4.74 Å². The van der Waals surface area contributed by atoms with Gasteiger partial charge in [-0.15, -0.1) is 6.42 Å². The number of terminal acetylenes is 1. The van der Waals surface area contributed by atoms with Gasteiger partial charge in [-0.2, -0.15) is 0 Å². The van der Waals surface area contributed by atoms with Crippen molar-refractivity contribution < 1.29 is 19.2 Å². The smallest absolute Gasteiger partial charge is 0.337 e. The SMILES string of the molecule is C#CCOc1cc(C(=O)OC)ccc1[N+](=O)[O-]. The standard InChI is InChI=1S/C11H9NO5/c1-3-6-17-10-7-8(11(13)16-2)4-5-9(10)12(14)15/h1,4-5,7H,6H2,2H3. The number of ether oxygens (including phenoxy) is 2. The number of methoxy groups -OCH3 is 1. The van der Waals surface area contributed by atoms with Crippen molar-refractivity contribution in [1.82, 2.24) is 0 Å². The van der Waals surface area contributed by atoms with Crippen LogP contribution in [0.4, 0.5) is 5.69 Å². The molecule has 0 heterocycles. The monoisotopic (exact) mass is 235 g/mol. The second kappa shape index (κ2) is 5.51. The lowest BCUT2D eigenvalue weighted by atomic mass is 10.2. The fraction of sp³-hybridized carbons (Fsp3) is 0.182. The molecule has 1 aromatic rings. The number of carbonyl (C=O) groups excluding carboxylic acids is 1. The van der Waals surface area contributed by atoms with Gasteiger partial charge in [0.1, 0.15) is 6.61 Å². The highest BCUT2D eigenvalue weighted by Gasteiger charge is 2.18. The van der Waals surface area contributed by atoms with E-state index in [-0.39, 0.29) is 23.6 Å². The van der Waals surface area contributed by atoms with Gasteiger partial charge in [0.15, 0.2) is 5.75 Å². The molecule has 0 spiro atoms. The maximum Gasteiger partial charge on any atom is 0.337 e. The third-order valence-electron chi connectivity index (χ3n) is 1.89. The summed E-state index contributed by atoms with van der Waals surface area (Å²) in [5.74, 6) is 1.52. The van der Waals surface area contributed by atoms with E-state index >= 15 is 0 Å². The molecule has 0 aliphatic rings. The van der Waals surface area contributed by atoms with Crippen molar-refractivity contribution in [3.63, 3.8) is 0 Å². The zero-order valence-corrected chi connectivity index (χ0v) is 9.00. The van der Waals surface area contributed by atoms with E-state index in [1.165, 1.54) is 19.2 Å². The molecule has 0 aromatic heterocycles. The van der Waals surface area contributed by atoms with Gasteiger partial charge >= 0.3 is 11.7 Å². The van der Waals surface area contributed by atoms with E-state index in [0.29, 0.717) is 0 Å². The normalized spacial score (nSPS) is 9.18. The molecule has 17 heavy (non-hydrogen) atoms. The molecule has 0 bridgehead atoms. The summed E-state index contributed by atoms with van der Waals surface area (Å²) in [6.45, 7) is -0.120. The van der Waals surface area contributed by atoms with E-state index in [1.807, 2.05) is 0 Å². The van der Waals surface area contributed by atoms with Crippen molar-refractivity contribution in [2.75, 3.05) is 13.7 Å². The van der Waals surface area contributed by atoms with Gasteiger partial charge in [0, 0.05) is 12.1 Å². The Morgan fingerprint density at radius 3 is 2.82 bits per heavy atom. The predicted octanol–water partition coefficient (Wildman–Crippen LogP) is 1.39.